The quantitative estimate of drug-likeness (QED) is 0.822. The van der Waals surface area contributed by atoms with E-state index < -0.39 is 0 Å². The van der Waals surface area contributed by atoms with Crippen LogP contribution in [0.4, 0.5) is 0 Å². The molecule has 1 saturated heterocycles. The highest BCUT2D eigenvalue weighted by Gasteiger charge is 2.42. The zero-order chi connectivity index (χ0) is 14.0. The molecule has 2 aliphatic carbocycles. The molecular formula is C18H34N2. The van der Waals surface area contributed by atoms with Gasteiger partial charge in [0.1, 0.15) is 0 Å². The maximum absolute atomic E-state index is 3.98. The van der Waals surface area contributed by atoms with Gasteiger partial charge in [-0.15, -0.1) is 0 Å². The van der Waals surface area contributed by atoms with Gasteiger partial charge < -0.3 is 5.32 Å². The predicted molar refractivity (Wildman–Crippen MR) is 86.0 cm³/mol. The Morgan fingerprint density at radius 3 is 2.50 bits per heavy atom. The van der Waals surface area contributed by atoms with Crippen LogP contribution in [-0.2, 0) is 0 Å². The van der Waals surface area contributed by atoms with Crippen LogP contribution in [0.1, 0.15) is 78.1 Å². The zero-order valence-corrected chi connectivity index (χ0v) is 13.7. The summed E-state index contributed by atoms with van der Waals surface area (Å²) >= 11 is 0. The Morgan fingerprint density at radius 1 is 1.05 bits per heavy atom. The molecule has 0 radical (unpaired) electrons. The normalized spacial score (nSPS) is 39.0. The van der Waals surface area contributed by atoms with E-state index in [1.165, 1.54) is 77.3 Å². The molecule has 0 aromatic heterocycles. The van der Waals surface area contributed by atoms with Crippen molar-refractivity contribution in [1.82, 2.24) is 10.2 Å². The van der Waals surface area contributed by atoms with Crippen molar-refractivity contribution in [1.29, 1.82) is 0 Å². The number of rotatable bonds is 2. The molecule has 1 N–H and O–H groups in total. The lowest BCUT2D eigenvalue weighted by Crippen LogP contribution is -2.67. The lowest BCUT2D eigenvalue weighted by Gasteiger charge is -2.54. The van der Waals surface area contributed by atoms with Gasteiger partial charge in [0.05, 0.1) is 0 Å². The Morgan fingerprint density at radius 2 is 1.80 bits per heavy atom. The van der Waals surface area contributed by atoms with Crippen LogP contribution in [0.15, 0.2) is 0 Å². The third-order valence-electron chi connectivity index (χ3n) is 6.44. The first kappa shape index (κ1) is 14.8. The first-order valence-corrected chi connectivity index (χ1v) is 9.25. The molecule has 1 spiro atoms. The van der Waals surface area contributed by atoms with Crippen molar-refractivity contribution >= 4 is 0 Å². The molecule has 3 rings (SSSR count). The molecular weight excluding hydrogens is 244 g/mol. The van der Waals surface area contributed by atoms with E-state index in [0.29, 0.717) is 5.54 Å². The lowest BCUT2D eigenvalue weighted by atomic mass is 9.76. The predicted octanol–water partition coefficient (Wildman–Crippen LogP) is 3.95. The second-order valence-corrected chi connectivity index (χ2v) is 7.79. The van der Waals surface area contributed by atoms with Gasteiger partial charge in [0.25, 0.3) is 0 Å². The van der Waals surface area contributed by atoms with Crippen molar-refractivity contribution in [2.45, 2.75) is 95.7 Å². The van der Waals surface area contributed by atoms with E-state index in [4.69, 9.17) is 0 Å². The van der Waals surface area contributed by atoms with Gasteiger partial charge in [0, 0.05) is 30.7 Å². The van der Waals surface area contributed by atoms with Gasteiger partial charge in [0.15, 0.2) is 0 Å². The Hall–Kier alpha value is -0.0800. The Bertz CT molecular complexity index is 309. The minimum Gasteiger partial charge on any atom is -0.308 e. The molecule has 0 aromatic carbocycles. The second-order valence-electron chi connectivity index (χ2n) is 7.79. The number of piperazine rings is 1. The van der Waals surface area contributed by atoms with Crippen molar-refractivity contribution in [3.05, 3.63) is 0 Å². The van der Waals surface area contributed by atoms with Crippen LogP contribution in [0.2, 0.25) is 0 Å². The van der Waals surface area contributed by atoms with Crippen LogP contribution in [0.25, 0.3) is 0 Å². The van der Waals surface area contributed by atoms with Crippen LogP contribution in [0.3, 0.4) is 0 Å². The largest absolute Gasteiger partial charge is 0.308 e. The number of hydrogen-bond donors (Lipinski definition) is 1. The van der Waals surface area contributed by atoms with Gasteiger partial charge in [-0.25, -0.2) is 0 Å². The summed E-state index contributed by atoms with van der Waals surface area (Å²) in [5, 5.41) is 3.98. The standard InChI is InChI=1S/C18H34N2/c1-3-16-13-19-18(11-7-4-8-12-18)14-20(16)17-10-6-5-9-15(17)2/h15-17,19H,3-14H2,1-2H3. The maximum Gasteiger partial charge on any atom is 0.0309 e. The van der Waals surface area contributed by atoms with Crippen LogP contribution < -0.4 is 5.32 Å². The summed E-state index contributed by atoms with van der Waals surface area (Å²) < 4.78 is 0. The monoisotopic (exact) mass is 278 g/mol. The average molecular weight is 278 g/mol. The van der Waals surface area contributed by atoms with Gasteiger partial charge in [-0.2, -0.15) is 0 Å². The van der Waals surface area contributed by atoms with E-state index in [0.717, 1.165) is 18.0 Å². The summed E-state index contributed by atoms with van der Waals surface area (Å²) in [7, 11) is 0. The minimum atomic E-state index is 0.473. The van der Waals surface area contributed by atoms with E-state index in [-0.39, 0.29) is 0 Å². The average Bonchev–Trinajstić information content (AvgIpc) is 2.49. The molecule has 3 unspecified atom stereocenters. The fraction of sp³-hybridized carbons (Fsp3) is 1.00. The summed E-state index contributed by atoms with van der Waals surface area (Å²) in [5.74, 6) is 0.913. The molecule has 116 valence electrons. The number of nitrogens with one attached hydrogen (secondary N) is 1. The number of nitrogens with zero attached hydrogens (tertiary/aromatic N) is 1. The van der Waals surface area contributed by atoms with Crippen LogP contribution in [-0.4, -0.2) is 35.6 Å². The summed E-state index contributed by atoms with van der Waals surface area (Å²) in [5.41, 5.74) is 0.473. The highest BCUT2D eigenvalue weighted by molar-refractivity contribution is 5.02. The molecule has 0 amide bonds. The van der Waals surface area contributed by atoms with E-state index in [1.807, 2.05) is 0 Å². The summed E-state index contributed by atoms with van der Waals surface area (Å²) in [6.45, 7) is 7.46. The molecule has 2 nitrogen and oxygen atoms in total. The third-order valence-corrected chi connectivity index (χ3v) is 6.44. The smallest absolute Gasteiger partial charge is 0.0309 e. The molecule has 3 atom stereocenters. The van der Waals surface area contributed by atoms with Crippen LogP contribution in [0.5, 0.6) is 0 Å². The van der Waals surface area contributed by atoms with Crippen molar-refractivity contribution in [3.63, 3.8) is 0 Å². The van der Waals surface area contributed by atoms with Crippen molar-refractivity contribution in [2.24, 2.45) is 5.92 Å². The van der Waals surface area contributed by atoms with Gasteiger partial charge in [-0.3, -0.25) is 4.90 Å². The zero-order valence-electron chi connectivity index (χ0n) is 13.7. The van der Waals surface area contributed by atoms with E-state index in [9.17, 15) is 0 Å². The Balaban J connectivity index is 1.73. The summed E-state index contributed by atoms with van der Waals surface area (Å²) in [6, 6.07) is 1.66. The number of hydrogen-bond acceptors (Lipinski definition) is 2. The summed E-state index contributed by atoms with van der Waals surface area (Å²) in [4.78, 5) is 2.95. The minimum absolute atomic E-state index is 0.473. The topological polar surface area (TPSA) is 15.3 Å². The lowest BCUT2D eigenvalue weighted by molar-refractivity contribution is -0.00670. The first-order valence-electron chi connectivity index (χ1n) is 9.25. The Labute approximate surface area is 125 Å². The second kappa shape index (κ2) is 6.36. The fourth-order valence-electron chi connectivity index (χ4n) is 5.11. The third kappa shape index (κ3) is 2.92. The summed E-state index contributed by atoms with van der Waals surface area (Å²) in [6.07, 6.45) is 14.3. The van der Waals surface area contributed by atoms with E-state index in [2.05, 4.69) is 24.1 Å². The van der Waals surface area contributed by atoms with Gasteiger partial charge in [0.2, 0.25) is 0 Å². The molecule has 20 heavy (non-hydrogen) atoms. The van der Waals surface area contributed by atoms with Crippen molar-refractivity contribution < 1.29 is 0 Å². The molecule has 3 aliphatic rings. The van der Waals surface area contributed by atoms with E-state index >= 15 is 0 Å². The Kier molecular flexibility index (Phi) is 4.72. The molecule has 3 fully saturated rings. The highest BCUT2D eigenvalue weighted by Crippen LogP contribution is 2.37. The van der Waals surface area contributed by atoms with Crippen LogP contribution >= 0.6 is 0 Å². The molecule has 2 saturated carbocycles. The fourth-order valence-corrected chi connectivity index (χ4v) is 5.11. The van der Waals surface area contributed by atoms with Crippen LogP contribution in [0, 0.1) is 5.92 Å². The molecule has 2 heteroatoms. The molecule has 1 aliphatic heterocycles. The molecule has 1 heterocycles. The SMILES string of the molecule is CCC1CNC2(CCCCC2)CN1C1CCCCC1C. The molecule has 0 aromatic rings. The van der Waals surface area contributed by atoms with Gasteiger partial charge in [-0.05, 0) is 38.0 Å². The van der Waals surface area contributed by atoms with E-state index in [1.54, 1.807) is 0 Å². The first-order chi connectivity index (χ1) is 9.74. The highest BCUT2D eigenvalue weighted by atomic mass is 15.3. The van der Waals surface area contributed by atoms with Gasteiger partial charge in [-0.1, -0.05) is 46.0 Å². The van der Waals surface area contributed by atoms with Gasteiger partial charge >= 0.3 is 0 Å². The van der Waals surface area contributed by atoms with Crippen molar-refractivity contribution in [2.75, 3.05) is 13.1 Å². The maximum atomic E-state index is 3.98. The van der Waals surface area contributed by atoms with Crippen molar-refractivity contribution in [3.8, 4) is 0 Å². The molecule has 0 bridgehead atoms.